The van der Waals surface area contributed by atoms with E-state index in [2.05, 4.69) is 32.4 Å². The fraction of sp³-hybridized carbons (Fsp3) is 0.250. The Labute approximate surface area is 168 Å². The summed E-state index contributed by atoms with van der Waals surface area (Å²) in [6.45, 7) is 3.74. The van der Waals surface area contributed by atoms with E-state index in [0.717, 1.165) is 37.6 Å². The minimum atomic E-state index is -0.320. The highest BCUT2D eigenvalue weighted by molar-refractivity contribution is 6.31. The van der Waals surface area contributed by atoms with Gasteiger partial charge in [-0.25, -0.2) is 0 Å². The zero-order chi connectivity index (χ0) is 19.5. The van der Waals surface area contributed by atoms with Gasteiger partial charge in [-0.1, -0.05) is 29.8 Å². The number of benzene rings is 2. The third kappa shape index (κ3) is 4.00. The monoisotopic (exact) mass is 396 g/mol. The van der Waals surface area contributed by atoms with Crippen molar-refractivity contribution in [3.05, 3.63) is 65.4 Å². The Morgan fingerprint density at radius 2 is 1.82 bits per heavy atom. The lowest BCUT2D eigenvalue weighted by Crippen LogP contribution is -2.44. The standard InChI is InChI=1S/C20H21ClN6O/c1-25-9-11-26(12-10-25)19-8-7-15(21)13-17(19)23-20(28)18-14-22-27(24-18)16-5-3-2-4-6-16/h2-8,13-14H,9-12H2,1H3,(H,23,28). The van der Waals surface area contributed by atoms with Crippen molar-refractivity contribution < 1.29 is 4.79 Å². The number of carbonyl (C=O) groups excluding carboxylic acids is 1. The summed E-state index contributed by atoms with van der Waals surface area (Å²) >= 11 is 6.18. The molecule has 0 unspecified atom stereocenters. The number of hydrogen-bond donors (Lipinski definition) is 1. The summed E-state index contributed by atoms with van der Waals surface area (Å²) in [6, 6.07) is 15.0. The van der Waals surface area contributed by atoms with Gasteiger partial charge in [0.1, 0.15) is 0 Å². The lowest BCUT2D eigenvalue weighted by atomic mass is 10.2. The minimum absolute atomic E-state index is 0.244. The van der Waals surface area contributed by atoms with Crippen LogP contribution in [0.5, 0.6) is 0 Å². The number of aromatic nitrogens is 3. The smallest absolute Gasteiger partial charge is 0.277 e. The average molecular weight is 397 g/mol. The molecule has 1 aromatic heterocycles. The first-order chi connectivity index (χ1) is 13.6. The van der Waals surface area contributed by atoms with Crippen molar-refractivity contribution in [1.82, 2.24) is 19.9 Å². The van der Waals surface area contributed by atoms with Gasteiger partial charge in [0.25, 0.3) is 5.91 Å². The predicted octanol–water partition coefficient (Wildman–Crippen LogP) is 2.92. The molecule has 144 valence electrons. The van der Waals surface area contributed by atoms with Crippen molar-refractivity contribution >= 4 is 28.9 Å². The Kier molecular flexibility index (Phi) is 5.27. The summed E-state index contributed by atoms with van der Waals surface area (Å²) in [4.78, 5) is 18.7. The number of para-hydroxylation sites is 1. The Balaban J connectivity index is 1.55. The van der Waals surface area contributed by atoms with Crippen LogP contribution in [0.2, 0.25) is 5.02 Å². The van der Waals surface area contributed by atoms with Gasteiger partial charge in [0, 0.05) is 31.2 Å². The topological polar surface area (TPSA) is 66.3 Å². The molecule has 1 N–H and O–H groups in total. The molecule has 3 aromatic rings. The van der Waals surface area contributed by atoms with Crippen molar-refractivity contribution in [2.75, 3.05) is 43.4 Å². The van der Waals surface area contributed by atoms with Crippen molar-refractivity contribution in [3.63, 3.8) is 0 Å². The molecular weight excluding hydrogens is 376 g/mol. The molecule has 8 heteroatoms. The van der Waals surface area contributed by atoms with Crippen LogP contribution in [0.25, 0.3) is 5.69 Å². The molecule has 1 aliphatic heterocycles. The molecule has 0 spiro atoms. The quantitative estimate of drug-likeness (QED) is 0.734. The first kappa shape index (κ1) is 18.5. The molecule has 0 radical (unpaired) electrons. The van der Waals surface area contributed by atoms with Crippen LogP contribution < -0.4 is 10.2 Å². The van der Waals surface area contributed by atoms with Gasteiger partial charge in [-0.3, -0.25) is 4.79 Å². The van der Waals surface area contributed by atoms with Crippen LogP contribution in [0.15, 0.2) is 54.7 Å². The van der Waals surface area contributed by atoms with Gasteiger partial charge in [0.15, 0.2) is 5.69 Å². The Hall–Kier alpha value is -2.90. The number of likely N-dealkylation sites (N-methyl/N-ethyl adjacent to an activating group) is 1. The minimum Gasteiger partial charge on any atom is -0.367 e. The summed E-state index contributed by atoms with van der Waals surface area (Å²) in [5.41, 5.74) is 2.67. The number of amides is 1. The average Bonchev–Trinajstić information content (AvgIpc) is 3.20. The zero-order valence-corrected chi connectivity index (χ0v) is 16.3. The van der Waals surface area contributed by atoms with Crippen LogP contribution >= 0.6 is 11.6 Å². The second-order valence-electron chi connectivity index (χ2n) is 6.76. The lowest BCUT2D eigenvalue weighted by Gasteiger charge is -2.35. The normalized spacial score (nSPS) is 14.9. The van der Waals surface area contributed by atoms with Crippen LogP contribution in [0, 0.1) is 0 Å². The number of nitrogens with one attached hydrogen (secondary N) is 1. The fourth-order valence-electron chi connectivity index (χ4n) is 3.17. The predicted molar refractivity (Wildman–Crippen MR) is 110 cm³/mol. The van der Waals surface area contributed by atoms with Gasteiger partial charge in [-0.05, 0) is 37.4 Å². The van der Waals surface area contributed by atoms with Crippen LogP contribution in [-0.2, 0) is 0 Å². The molecule has 0 bridgehead atoms. The number of hydrogen-bond acceptors (Lipinski definition) is 5. The van der Waals surface area contributed by atoms with E-state index >= 15 is 0 Å². The molecule has 0 aliphatic carbocycles. The fourth-order valence-corrected chi connectivity index (χ4v) is 3.34. The maximum absolute atomic E-state index is 12.8. The van der Waals surface area contributed by atoms with Crippen molar-refractivity contribution in [2.45, 2.75) is 0 Å². The summed E-state index contributed by atoms with van der Waals surface area (Å²) in [5.74, 6) is -0.320. The first-order valence-corrected chi connectivity index (χ1v) is 9.50. The number of piperazine rings is 1. The second-order valence-corrected chi connectivity index (χ2v) is 7.20. The SMILES string of the molecule is CN1CCN(c2ccc(Cl)cc2NC(=O)c2cnn(-c3ccccc3)n2)CC1. The third-order valence-corrected chi connectivity index (χ3v) is 5.00. The van der Waals surface area contributed by atoms with Gasteiger partial charge in [-0.2, -0.15) is 9.90 Å². The molecule has 2 heterocycles. The van der Waals surface area contributed by atoms with E-state index in [4.69, 9.17) is 11.6 Å². The molecule has 1 fully saturated rings. The molecule has 1 aliphatic rings. The number of nitrogens with zero attached hydrogens (tertiary/aromatic N) is 5. The number of carbonyl (C=O) groups is 1. The zero-order valence-electron chi connectivity index (χ0n) is 15.5. The molecular formula is C20H21ClN6O. The van der Waals surface area contributed by atoms with Gasteiger partial charge in [-0.15, -0.1) is 5.10 Å². The molecule has 28 heavy (non-hydrogen) atoms. The van der Waals surface area contributed by atoms with Gasteiger partial charge >= 0.3 is 0 Å². The Morgan fingerprint density at radius 1 is 1.07 bits per heavy atom. The Bertz CT molecular complexity index is 966. The van der Waals surface area contributed by atoms with Gasteiger partial charge < -0.3 is 15.1 Å². The van der Waals surface area contributed by atoms with E-state index < -0.39 is 0 Å². The molecule has 0 atom stereocenters. The maximum atomic E-state index is 12.8. The molecule has 0 saturated carbocycles. The van der Waals surface area contributed by atoms with E-state index in [9.17, 15) is 4.79 Å². The van der Waals surface area contributed by atoms with E-state index in [1.807, 2.05) is 42.5 Å². The van der Waals surface area contributed by atoms with E-state index in [-0.39, 0.29) is 11.6 Å². The van der Waals surface area contributed by atoms with Crippen molar-refractivity contribution in [2.24, 2.45) is 0 Å². The first-order valence-electron chi connectivity index (χ1n) is 9.12. The van der Waals surface area contributed by atoms with Crippen LogP contribution in [-0.4, -0.2) is 59.0 Å². The molecule has 2 aromatic carbocycles. The lowest BCUT2D eigenvalue weighted by molar-refractivity contribution is 0.102. The van der Waals surface area contributed by atoms with Crippen LogP contribution in [0.3, 0.4) is 0 Å². The van der Waals surface area contributed by atoms with E-state index in [1.54, 1.807) is 6.07 Å². The number of anilines is 2. The Morgan fingerprint density at radius 3 is 2.57 bits per heavy atom. The van der Waals surface area contributed by atoms with Crippen molar-refractivity contribution in [1.29, 1.82) is 0 Å². The molecule has 7 nitrogen and oxygen atoms in total. The van der Waals surface area contributed by atoms with E-state index in [0.29, 0.717) is 10.7 Å². The highest BCUT2D eigenvalue weighted by atomic mass is 35.5. The largest absolute Gasteiger partial charge is 0.367 e. The summed E-state index contributed by atoms with van der Waals surface area (Å²) < 4.78 is 0. The third-order valence-electron chi connectivity index (χ3n) is 4.76. The molecule has 1 saturated heterocycles. The second kappa shape index (κ2) is 8.00. The summed E-state index contributed by atoms with van der Waals surface area (Å²) in [5, 5.41) is 12.0. The highest BCUT2D eigenvalue weighted by Gasteiger charge is 2.20. The number of rotatable bonds is 4. The van der Waals surface area contributed by atoms with Crippen molar-refractivity contribution in [3.8, 4) is 5.69 Å². The van der Waals surface area contributed by atoms with Crippen LogP contribution in [0.1, 0.15) is 10.5 Å². The molecule has 4 rings (SSSR count). The van der Waals surface area contributed by atoms with Gasteiger partial charge in [0.05, 0.1) is 23.3 Å². The van der Waals surface area contributed by atoms with E-state index in [1.165, 1.54) is 11.0 Å². The van der Waals surface area contributed by atoms with Crippen LogP contribution in [0.4, 0.5) is 11.4 Å². The summed E-state index contributed by atoms with van der Waals surface area (Å²) in [6.07, 6.45) is 1.46. The number of halogens is 1. The van der Waals surface area contributed by atoms with Gasteiger partial charge in [0.2, 0.25) is 0 Å². The summed E-state index contributed by atoms with van der Waals surface area (Å²) in [7, 11) is 2.11. The molecule has 1 amide bonds. The maximum Gasteiger partial charge on any atom is 0.277 e. The highest BCUT2D eigenvalue weighted by Crippen LogP contribution is 2.30.